The van der Waals surface area contributed by atoms with Crippen LogP contribution >= 0.6 is 0 Å². The Morgan fingerprint density at radius 3 is 2.16 bits per heavy atom. The second-order valence-electron chi connectivity index (χ2n) is 6.54. The molecule has 1 heterocycles. The highest BCUT2D eigenvalue weighted by Gasteiger charge is 2.33. The molecule has 1 aliphatic heterocycles. The summed E-state index contributed by atoms with van der Waals surface area (Å²) in [7, 11) is 0. The van der Waals surface area contributed by atoms with Crippen molar-refractivity contribution in [1.29, 1.82) is 0 Å². The summed E-state index contributed by atoms with van der Waals surface area (Å²) in [4.78, 5) is 14.7. The van der Waals surface area contributed by atoms with E-state index in [4.69, 9.17) is 4.74 Å². The number of ether oxygens (including phenoxy) is 1. The molecule has 112 valence electrons. The van der Waals surface area contributed by atoms with Crippen molar-refractivity contribution in [2.45, 2.75) is 59.8 Å². The van der Waals surface area contributed by atoms with E-state index in [1.54, 1.807) is 0 Å². The molecule has 0 spiro atoms. The maximum absolute atomic E-state index is 12.4. The van der Waals surface area contributed by atoms with Crippen LogP contribution in [0.1, 0.15) is 41.5 Å². The molecule has 0 aromatic heterocycles. The molecule has 0 saturated carbocycles. The molecule has 1 N–H and O–H groups in total. The Morgan fingerprint density at radius 1 is 1.21 bits per heavy atom. The lowest BCUT2D eigenvalue weighted by molar-refractivity contribution is -0.135. The molecule has 3 atom stereocenters. The molecule has 1 aliphatic rings. The minimum atomic E-state index is -0.0486. The van der Waals surface area contributed by atoms with Crippen molar-refractivity contribution in [3.8, 4) is 0 Å². The molecule has 0 aromatic carbocycles. The molecule has 0 radical (unpaired) electrons. The molecule has 1 saturated heterocycles. The quantitative estimate of drug-likeness (QED) is 0.829. The van der Waals surface area contributed by atoms with Gasteiger partial charge in [0, 0.05) is 19.6 Å². The average Bonchev–Trinajstić information content (AvgIpc) is 2.24. The molecule has 4 nitrogen and oxygen atoms in total. The van der Waals surface area contributed by atoms with Gasteiger partial charge in [0.25, 0.3) is 0 Å². The summed E-state index contributed by atoms with van der Waals surface area (Å²) in [5.41, 5.74) is 0. The zero-order valence-corrected chi connectivity index (χ0v) is 13.3. The molecule has 0 bridgehead atoms. The van der Waals surface area contributed by atoms with Gasteiger partial charge in [-0.2, -0.15) is 0 Å². The Balaban J connectivity index is 2.68. The van der Waals surface area contributed by atoms with Crippen molar-refractivity contribution in [1.82, 2.24) is 10.2 Å². The van der Waals surface area contributed by atoms with Gasteiger partial charge in [0.1, 0.15) is 0 Å². The predicted molar refractivity (Wildman–Crippen MR) is 78.1 cm³/mol. The van der Waals surface area contributed by atoms with Crippen LogP contribution in [0.4, 0.5) is 0 Å². The van der Waals surface area contributed by atoms with Crippen LogP contribution in [-0.2, 0) is 9.53 Å². The minimum absolute atomic E-state index is 0.0486. The lowest BCUT2D eigenvalue weighted by atomic mass is 9.99. The van der Waals surface area contributed by atoms with Gasteiger partial charge in [0.2, 0.25) is 5.91 Å². The third kappa shape index (κ3) is 5.11. The smallest absolute Gasteiger partial charge is 0.237 e. The van der Waals surface area contributed by atoms with Crippen LogP contribution < -0.4 is 5.32 Å². The van der Waals surface area contributed by atoms with E-state index in [2.05, 4.69) is 51.8 Å². The molecule has 1 fully saturated rings. The van der Waals surface area contributed by atoms with Crippen LogP contribution in [0.25, 0.3) is 0 Å². The first-order valence-electron chi connectivity index (χ1n) is 7.48. The van der Waals surface area contributed by atoms with Gasteiger partial charge in [-0.3, -0.25) is 9.69 Å². The number of rotatable bonds is 5. The minimum Gasteiger partial charge on any atom is -0.373 e. The number of carbonyl (C=O) groups excluding carboxylic acids is 1. The van der Waals surface area contributed by atoms with Crippen LogP contribution in [0, 0.1) is 11.8 Å². The van der Waals surface area contributed by atoms with E-state index in [-0.39, 0.29) is 24.2 Å². The number of amides is 1. The van der Waals surface area contributed by atoms with Crippen molar-refractivity contribution in [2.75, 3.05) is 19.6 Å². The number of hydrogen-bond donors (Lipinski definition) is 1. The van der Waals surface area contributed by atoms with Gasteiger partial charge in [-0.05, 0) is 25.7 Å². The number of carbonyl (C=O) groups is 1. The molecule has 0 aromatic rings. The molecule has 3 unspecified atom stereocenters. The lowest BCUT2D eigenvalue weighted by Crippen LogP contribution is -2.57. The Morgan fingerprint density at radius 2 is 1.74 bits per heavy atom. The van der Waals surface area contributed by atoms with Crippen LogP contribution in [0.5, 0.6) is 0 Å². The van der Waals surface area contributed by atoms with E-state index in [0.29, 0.717) is 11.8 Å². The van der Waals surface area contributed by atoms with Gasteiger partial charge in [0.15, 0.2) is 0 Å². The van der Waals surface area contributed by atoms with E-state index in [1.165, 1.54) is 0 Å². The van der Waals surface area contributed by atoms with Gasteiger partial charge >= 0.3 is 0 Å². The van der Waals surface area contributed by atoms with E-state index in [1.807, 2.05) is 0 Å². The summed E-state index contributed by atoms with van der Waals surface area (Å²) in [5.74, 6) is 0.953. The normalized spacial score (nSPS) is 26.7. The zero-order valence-electron chi connectivity index (χ0n) is 13.3. The molecule has 1 rings (SSSR count). The van der Waals surface area contributed by atoms with Gasteiger partial charge in [0.05, 0.1) is 18.2 Å². The summed E-state index contributed by atoms with van der Waals surface area (Å²) in [6, 6.07) is -0.0486. The molecule has 0 aliphatic carbocycles. The maximum atomic E-state index is 12.4. The van der Waals surface area contributed by atoms with Gasteiger partial charge < -0.3 is 10.1 Å². The first kappa shape index (κ1) is 16.4. The van der Waals surface area contributed by atoms with E-state index < -0.39 is 0 Å². The van der Waals surface area contributed by atoms with Crippen LogP contribution in [-0.4, -0.2) is 48.7 Å². The number of morpholine rings is 1. The van der Waals surface area contributed by atoms with E-state index in [9.17, 15) is 4.79 Å². The second-order valence-corrected chi connectivity index (χ2v) is 6.54. The van der Waals surface area contributed by atoms with E-state index in [0.717, 1.165) is 19.6 Å². The fraction of sp³-hybridized carbons (Fsp3) is 0.933. The number of nitrogens with zero attached hydrogens (tertiary/aromatic N) is 1. The average molecular weight is 270 g/mol. The summed E-state index contributed by atoms with van der Waals surface area (Å²) < 4.78 is 5.75. The van der Waals surface area contributed by atoms with Gasteiger partial charge in [-0.1, -0.05) is 27.7 Å². The Labute approximate surface area is 117 Å². The zero-order chi connectivity index (χ0) is 14.6. The van der Waals surface area contributed by atoms with Crippen molar-refractivity contribution >= 4 is 5.91 Å². The third-order valence-electron chi connectivity index (χ3n) is 3.43. The number of nitrogens with one attached hydrogen (secondary N) is 1. The third-order valence-corrected chi connectivity index (χ3v) is 3.43. The molecule has 19 heavy (non-hydrogen) atoms. The maximum Gasteiger partial charge on any atom is 0.237 e. The van der Waals surface area contributed by atoms with E-state index >= 15 is 0 Å². The molecular weight excluding hydrogens is 240 g/mol. The SMILES string of the molecule is CC(C)CNC(=O)C(C(C)C)N1CC(C)OC(C)C1. The molecule has 1 amide bonds. The van der Waals surface area contributed by atoms with Crippen molar-refractivity contribution in [3.05, 3.63) is 0 Å². The summed E-state index contributed by atoms with van der Waals surface area (Å²) >= 11 is 0. The fourth-order valence-corrected chi connectivity index (χ4v) is 2.74. The lowest BCUT2D eigenvalue weighted by Gasteiger charge is -2.41. The largest absolute Gasteiger partial charge is 0.373 e. The monoisotopic (exact) mass is 270 g/mol. The van der Waals surface area contributed by atoms with Crippen LogP contribution in [0.15, 0.2) is 0 Å². The van der Waals surface area contributed by atoms with Crippen molar-refractivity contribution < 1.29 is 9.53 Å². The highest BCUT2D eigenvalue weighted by Crippen LogP contribution is 2.18. The summed E-state index contributed by atoms with van der Waals surface area (Å²) in [6.45, 7) is 15.0. The standard InChI is InChI=1S/C15H30N2O2/c1-10(2)7-16-15(18)14(11(3)4)17-8-12(5)19-13(6)9-17/h10-14H,7-9H2,1-6H3,(H,16,18). The van der Waals surface area contributed by atoms with Gasteiger partial charge in [-0.15, -0.1) is 0 Å². The molecular formula is C15H30N2O2. The topological polar surface area (TPSA) is 41.6 Å². The Kier molecular flexibility index (Phi) is 6.27. The van der Waals surface area contributed by atoms with Crippen LogP contribution in [0.2, 0.25) is 0 Å². The summed E-state index contributed by atoms with van der Waals surface area (Å²) in [5, 5.41) is 3.07. The second kappa shape index (κ2) is 7.25. The first-order chi connectivity index (χ1) is 8.81. The van der Waals surface area contributed by atoms with Crippen molar-refractivity contribution in [2.24, 2.45) is 11.8 Å². The Bertz CT molecular complexity index is 282. The van der Waals surface area contributed by atoms with Crippen LogP contribution in [0.3, 0.4) is 0 Å². The highest BCUT2D eigenvalue weighted by molar-refractivity contribution is 5.82. The van der Waals surface area contributed by atoms with Crippen molar-refractivity contribution in [3.63, 3.8) is 0 Å². The summed E-state index contributed by atoms with van der Waals surface area (Å²) in [6.07, 6.45) is 0.394. The van der Waals surface area contributed by atoms with Gasteiger partial charge in [-0.25, -0.2) is 0 Å². The Hall–Kier alpha value is -0.610. The fourth-order valence-electron chi connectivity index (χ4n) is 2.74. The number of hydrogen-bond acceptors (Lipinski definition) is 3. The highest BCUT2D eigenvalue weighted by atomic mass is 16.5. The first-order valence-corrected chi connectivity index (χ1v) is 7.48. The molecule has 4 heteroatoms. The predicted octanol–water partition coefficient (Wildman–Crippen LogP) is 1.89.